The fourth-order valence-electron chi connectivity index (χ4n) is 3.60. The first-order valence-electron chi connectivity index (χ1n) is 8.70. The summed E-state index contributed by atoms with van der Waals surface area (Å²) in [5.74, 6) is -0.677. The number of cyclic esters (lactones) is 1. The van der Waals surface area contributed by atoms with Gasteiger partial charge in [-0.1, -0.05) is 32.0 Å². The molecule has 0 saturated heterocycles. The number of para-hydroxylation sites is 1. The molecule has 0 spiro atoms. The Morgan fingerprint density at radius 1 is 1.07 bits per heavy atom. The minimum absolute atomic E-state index is 0.186. The molecule has 0 aliphatic carbocycles. The molecule has 0 fully saturated rings. The van der Waals surface area contributed by atoms with Crippen molar-refractivity contribution in [2.24, 2.45) is 4.99 Å². The minimum Gasteiger partial charge on any atom is -0.402 e. The molecular weight excluding hydrogens is 343 g/mol. The molecule has 0 bridgehead atoms. The monoisotopic (exact) mass is 362 g/mol. The van der Waals surface area contributed by atoms with Gasteiger partial charge in [-0.05, 0) is 48.0 Å². The standard InChI is InChI=1S/C22H19FN2O2/c1-22(2)16-6-4-5-7-18(16)25(3)19(22)13-12-17-21(26)27-20(24-17)14-8-10-15(23)11-9-14/h4-13H,1-3H3/b17-12-,19-13-. The summed E-state index contributed by atoms with van der Waals surface area (Å²) in [6, 6.07) is 13.9. The van der Waals surface area contributed by atoms with Crippen molar-refractivity contribution in [2.45, 2.75) is 19.3 Å². The van der Waals surface area contributed by atoms with Gasteiger partial charge < -0.3 is 9.64 Å². The fraction of sp³-hybridized carbons (Fsp3) is 0.182. The van der Waals surface area contributed by atoms with Crippen LogP contribution >= 0.6 is 0 Å². The molecule has 0 saturated carbocycles. The van der Waals surface area contributed by atoms with E-state index in [1.807, 2.05) is 25.3 Å². The lowest BCUT2D eigenvalue weighted by molar-refractivity contribution is -0.130. The molecule has 0 unspecified atom stereocenters. The van der Waals surface area contributed by atoms with Crippen LogP contribution in [0.5, 0.6) is 0 Å². The number of allylic oxidation sites excluding steroid dienone is 3. The van der Waals surface area contributed by atoms with Crippen molar-refractivity contribution in [3.8, 4) is 0 Å². The van der Waals surface area contributed by atoms with Crippen LogP contribution in [0.1, 0.15) is 25.0 Å². The van der Waals surface area contributed by atoms with Crippen LogP contribution < -0.4 is 4.90 Å². The number of hydrogen-bond acceptors (Lipinski definition) is 4. The van der Waals surface area contributed by atoms with Crippen molar-refractivity contribution >= 4 is 17.6 Å². The van der Waals surface area contributed by atoms with E-state index in [4.69, 9.17) is 4.74 Å². The molecule has 2 aromatic carbocycles. The van der Waals surface area contributed by atoms with Crippen LogP contribution in [-0.2, 0) is 14.9 Å². The number of halogens is 1. The molecule has 27 heavy (non-hydrogen) atoms. The number of carbonyl (C=O) groups excluding carboxylic acids is 1. The quantitative estimate of drug-likeness (QED) is 0.590. The Balaban J connectivity index is 1.68. The van der Waals surface area contributed by atoms with Gasteiger partial charge in [0.2, 0.25) is 5.90 Å². The smallest absolute Gasteiger partial charge is 0.363 e. The highest BCUT2D eigenvalue weighted by Crippen LogP contribution is 2.46. The topological polar surface area (TPSA) is 41.9 Å². The zero-order valence-corrected chi connectivity index (χ0v) is 15.4. The molecule has 2 aliphatic rings. The zero-order chi connectivity index (χ0) is 19.2. The van der Waals surface area contributed by atoms with Gasteiger partial charge in [-0.25, -0.2) is 14.2 Å². The van der Waals surface area contributed by atoms with Crippen LogP contribution in [-0.4, -0.2) is 18.9 Å². The van der Waals surface area contributed by atoms with Crippen LogP contribution in [0.25, 0.3) is 0 Å². The first-order valence-corrected chi connectivity index (χ1v) is 8.70. The van der Waals surface area contributed by atoms with Crippen LogP contribution in [0.15, 0.2) is 77.1 Å². The van der Waals surface area contributed by atoms with Crippen LogP contribution in [0.2, 0.25) is 0 Å². The SMILES string of the molecule is CN1/C(=C\C=C2/N=C(c3ccc(F)cc3)OC2=O)C(C)(C)c2ccccc21. The maximum Gasteiger partial charge on any atom is 0.363 e. The number of ether oxygens (including phenoxy) is 1. The van der Waals surface area contributed by atoms with E-state index < -0.39 is 5.97 Å². The predicted octanol–water partition coefficient (Wildman–Crippen LogP) is 4.32. The highest BCUT2D eigenvalue weighted by molar-refractivity contribution is 6.11. The summed E-state index contributed by atoms with van der Waals surface area (Å²) in [7, 11) is 2.01. The Bertz CT molecular complexity index is 1020. The number of carbonyl (C=O) groups is 1. The number of rotatable bonds is 2. The van der Waals surface area contributed by atoms with E-state index in [9.17, 15) is 9.18 Å². The van der Waals surface area contributed by atoms with Gasteiger partial charge in [0.15, 0.2) is 5.70 Å². The van der Waals surface area contributed by atoms with Crippen molar-refractivity contribution < 1.29 is 13.9 Å². The molecule has 2 heterocycles. The van der Waals surface area contributed by atoms with Gasteiger partial charge in [-0.2, -0.15) is 0 Å². The third-order valence-corrected chi connectivity index (χ3v) is 5.05. The summed E-state index contributed by atoms with van der Waals surface area (Å²) in [5, 5.41) is 0. The minimum atomic E-state index is -0.512. The number of aliphatic imine (C=N–C) groups is 1. The first kappa shape index (κ1) is 17.2. The Morgan fingerprint density at radius 2 is 1.78 bits per heavy atom. The van der Waals surface area contributed by atoms with Gasteiger partial charge >= 0.3 is 5.97 Å². The normalized spacial score (nSPS) is 20.8. The lowest BCUT2D eigenvalue weighted by Crippen LogP contribution is -2.22. The summed E-state index contributed by atoms with van der Waals surface area (Å²) in [6.45, 7) is 4.31. The van der Waals surface area contributed by atoms with Crippen molar-refractivity contribution in [3.63, 3.8) is 0 Å². The number of esters is 1. The first-order chi connectivity index (χ1) is 12.9. The predicted molar refractivity (Wildman–Crippen MR) is 103 cm³/mol. The maximum atomic E-state index is 13.1. The summed E-state index contributed by atoms with van der Waals surface area (Å²) < 4.78 is 18.3. The lowest BCUT2D eigenvalue weighted by Gasteiger charge is -2.23. The second kappa shape index (κ2) is 6.20. The molecule has 0 aromatic heterocycles. The van der Waals surface area contributed by atoms with E-state index in [1.54, 1.807) is 6.08 Å². The van der Waals surface area contributed by atoms with Gasteiger partial charge in [0, 0.05) is 29.4 Å². The second-order valence-electron chi connectivity index (χ2n) is 7.12. The summed E-state index contributed by atoms with van der Waals surface area (Å²) in [6.07, 6.45) is 3.59. The second-order valence-corrected chi connectivity index (χ2v) is 7.12. The van der Waals surface area contributed by atoms with Gasteiger partial charge in [0.05, 0.1) is 0 Å². The number of hydrogen-bond donors (Lipinski definition) is 0. The van der Waals surface area contributed by atoms with E-state index >= 15 is 0 Å². The van der Waals surface area contributed by atoms with Crippen LogP contribution in [0.4, 0.5) is 10.1 Å². The Hall–Kier alpha value is -3.21. The number of nitrogens with zero attached hydrogens (tertiary/aromatic N) is 2. The third kappa shape index (κ3) is 2.85. The average Bonchev–Trinajstić information content (AvgIpc) is 3.11. The van der Waals surface area contributed by atoms with E-state index in [0.717, 1.165) is 11.4 Å². The van der Waals surface area contributed by atoms with Gasteiger partial charge in [0.1, 0.15) is 5.82 Å². The van der Waals surface area contributed by atoms with E-state index in [2.05, 4.69) is 35.9 Å². The van der Waals surface area contributed by atoms with E-state index in [0.29, 0.717) is 5.56 Å². The van der Waals surface area contributed by atoms with E-state index in [-0.39, 0.29) is 22.8 Å². The highest BCUT2D eigenvalue weighted by atomic mass is 19.1. The zero-order valence-electron chi connectivity index (χ0n) is 15.4. The Morgan fingerprint density at radius 3 is 2.48 bits per heavy atom. The lowest BCUT2D eigenvalue weighted by atomic mass is 9.84. The number of anilines is 1. The van der Waals surface area contributed by atoms with Crippen molar-refractivity contribution in [1.82, 2.24) is 0 Å². The molecule has 0 N–H and O–H groups in total. The molecule has 5 heteroatoms. The van der Waals surface area contributed by atoms with Crippen molar-refractivity contribution in [3.05, 3.63) is 89.0 Å². The van der Waals surface area contributed by atoms with Crippen LogP contribution in [0, 0.1) is 5.82 Å². The third-order valence-electron chi connectivity index (χ3n) is 5.05. The highest BCUT2D eigenvalue weighted by Gasteiger charge is 2.37. The van der Waals surface area contributed by atoms with Crippen molar-refractivity contribution in [2.75, 3.05) is 11.9 Å². The molecule has 0 amide bonds. The summed E-state index contributed by atoms with van der Waals surface area (Å²) in [5.41, 5.74) is 4.05. The molecule has 0 radical (unpaired) electrons. The number of benzene rings is 2. The van der Waals surface area contributed by atoms with Gasteiger partial charge in [0.25, 0.3) is 0 Å². The molecular formula is C22H19FN2O2. The molecule has 4 nitrogen and oxygen atoms in total. The number of fused-ring (bicyclic) bond motifs is 1. The van der Waals surface area contributed by atoms with Crippen LogP contribution in [0.3, 0.4) is 0 Å². The molecule has 2 aromatic rings. The molecule has 2 aliphatic heterocycles. The number of likely N-dealkylation sites (N-methyl/N-ethyl adjacent to an activating group) is 1. The Labute approximate surface area is 157 Å². The summed E-state index contributed by atoms with van der Waals surface area (Å²) in [4.78, 5) is 18.6. The maximum absolute atomic E-state index is 13.1. The summed E-state index contributed by atoms with van der Waals surface area (Å²) >= 11 is 0. The molecule has 136 valence electrons. The Kier molecular flexibility index (Phi) is 3.95. The van der Waals surface area contributed by atoms with Gasteiger partial charge in [-0.3, -0.25) is 0 Å². The van der Waals surface area contributed by atoms with Gasteiger partial charge in [-0.15, -0.1) is 0 Å². The molecule has 0 atom stereocenters. The fourth-order valence-corrected chi connectivity index (χ4v) is 3.60. The molecule has 4 rings (SSSR count). The largest absolute Gasteiger partial charge is 0.402 e. The average molecular weight is 362 g/mol. The van der Waals surface area contributed by atoms with E-state index in [1.165, 1.54) is 29.8 Å². The van der Waals surface area contributed by atoms with Crippen molar-refractivity contribution in [1.29, 1.82) is 0 Å².